The molecule has 1 aliphatic carbocycles. The zero-order chi connectivity index (χ0) is 13.2. The maximum absolute atomic E-state index is 12.2. The molecule has 2 atom stereocenters. The van der Waals surface area contributed by atoms with Gasteiger partial charge < -0.3 is 5.32 Å². The second-order valence-corrected chi connectivity index (χ2v) is 6.76. The molecule has 100 valence electrons. The predicted octanol–water partition coefficient (Wildman–Crippen LogP) is 4.32. The van der Waals surface area contributed by atoms with Crippen molar-refractivity contribution in [3.05, 3.63) is 21.3 Å². The van der Waals surface area contributed by atoms with Gasteiger partial charge in [0.25, 0.3) is 5.91 Å². The van der Waals surface area contributed by atoms with E-state index in [0.29, 0.717) is 21.7 Å². The molecule has 5 heteroatoms. The number of carbonyl (C=O) groups excluding carboxylic acids is 1. The van der Waals surface area contributed by atoms with Crippen LogP contribution in [0.3, 0.4) is 0 Å². The van der Waals surface area contributed by atoms with E-state index < -0.39 is 0 Å². The van der Waals surface area contributed by atoms with Crippen LogP contribution in [-0.2, 0) is 0 Å². The van der Waals surface area contributed by atoms with E-state index in [1.807, 2.05) is 5.38 Å². The van der Waals surface area contributed by atoms with Gasteiger partial charge in [0.1, 0.15) is 4.88 Å². The molecular weight excluding hydrogens is 289 g/mol. The van der Waals surface area contributed by atoms with Crippen molar-refractivity contribution in [1.82, 2.24) is 5.32 Å². The topological polar surface area (TPSA) is 29.1 Å². The third-order valence-corrected chi connectivity index (χ3v) is 5.40. The molecule has 0 aromatic carbocycles. The molecule has 0 radical (unpaired) electrons. The van der Waals surface area contributed by atoms with Gasteiger partial charge >= 0.3 is 0 Å². The van der Waals surface area contributed by atoms with Crippen molar-refractivity contribution in [1.29, 1.82) is 0 Å². The van der Waals surface area contributed by atoms with E-state index in [1.54, 1.807) is 6.07 Å². The van der Waals surface area contributed by atoms with Crippen LogP contribution < -0.4 is 5.32 Å². The van der Waals surface area contributed by atoms with Gasteiger partial charge in [-0.3, -0.25) is 4.79 Å². The zero-order valence-electron chi connectivity index (χ0n) is 10.3. The lowest BCUT2D eigenvalue weighted by Gasteiger charge is -2.39. The average molecular weight is 306 g/mol. The van der Waals surface area contributed by atoms with Crippen molar-refractivity contribution < 1.29 is 4.79 Å². The van der Waals surface area contributed by atoms with Gasteiger partial charge in [-0.05, 0) is 30.2 Å². The van der Waals surface area contributed by atoms with Crippen LogP contribution in [0.5, 0.6) is 0 Å². The molecule has 1 fully saturated rings. The summed E-state index contributed by atoms with van der Waals surface area (Å²) in [6.45, 7) is 2.21. The normalized spacial score (nSPS) is 28.1. The Morgan fingerprint density at radius 3 is 3.00 bits per heavy atom. The van der Waals surface area contributed by atoms with E-state index in [1.165, 1.54) is 17.8 Å². The zero-order valence-corrected chi connectivity index (χ0v) is 12.7. The van der Waals surface area contributed by atoms with E-state index in [2.05, 4.69) is 12.2 Å². The van der Waals surface area contributed by atoms with E-state index >= 15 is 0 Å². The molecule has 1 amide bonds. The minimum absolute atomic E-state index is 0.0928. The summed E-state index contributed by atoms with van der Waals surface area (Å²) in [7, 11) is 0. The Morgan fingerprint density at radius 2 is 2.44 bits per heavy atom. The SMILES string of the molecule is CC1CCCC(CCl)(NC(=O)c2sccc2Cl)C1. The molecule has 1 aliphatic rings. The highest BCUT2D eigenvalue weighted by atomic mass is 35.5. The van der Waals surface area contributed by atoms with Crippen LogP contribution in [-0.4, -0.2) is 17.3 Å². The molecule has 1 N–H and O–H groups in total. The Hall–Kier alpha value is -0.250. The van der Waals surface area contributed by atoms with E-state index in [-0.39, 0.29) is 11.4 Å². The Labute approximate surface area is 122 Å². The summed E-state index contributed by atoms with van der Waals surface area (Å²) in [6.07, 6.45) is 4.24. The molecule has 2 nitrogen and oxygen atoms in total. The first-order valence-corrected chi connectivity index (χ1v) is 7.97. The van der Waals surface area contributed by atoms with Gasteiger partial charge in [-0.1, -0.05) is 31.4 Å². The number of carbonyl (C=O) groups is 1. The summed E-state index contributed by atoms with van der Waals surface area (Å²) in [4.78, 5) is 12.8. The number of alkyl halides is 1. The Kier molecular flexibility index (Phi) is 4.57. The highest BCUT2D eigenvalue weighted by Gasteiger charge is 2.36. The molecule has 0 bridgehead atoms. The third kappa shape index (κ3) is 3.01. The third-order valence-electron chi connectivity index (χ3n) is 3.55. The van der Waals surface area contributed by atoms with Crippen LogP contribution in [0, 0.1) is 5.92 Å². The fraction of sp³-hybridized carbons (Fsp3) is 0.615. The molecule has 1 saturated carbocycles. The maximum Gasteiger partial charge on any atom is 0.263 e. The second kappa shape index (κ2) is 5.81. The van der Waals surface area contributed by atoms with Gasteiger partial charge in [-0.25, -0.2) is 0 Å². The summed E-state index contributed by atoms with van der Waals surface area (Å²) in [6, 6.07) is 1.75. The van der Waals surface area contributed by atoms with Gasteiger partial charge in [0.05, 0.1) is 10.6 Å². The summed E-state index contributed by atoms with van der Waals surface area (Å²) in [5.41, 5.74) is -0.260. The highest BCUT2D eigenvalue weighted by molar-refractivity contribution is 7.12. The number of thiophene rings is 1. The minimum Gasteiger partial charge on any atom is -0.345 e. The van der Waals surface area contributed by atoms with Crippen molar-refractivity contribution in [3.63, 3.8) is 0 Å². The number of amides is 1. The second-order valence-electron chi connectivity index (χ2n) is 5.17. The molecule has 1 aromatic rings. The predicted molar refractivity (Wildman–Crippen MR) is 77.9 cm³/mol. The van der Waals surface area contributed by atoms with Crippen LogP contribution >= 0.6 is 34.5 Å². The molecule has 0 aliphatic heterocycles. The van der Waals surface area contributed by atoms with Gasteiger partial charge in [0.15, 0.2) is 0 Å². The van der Waals surface area contributed by atoms with Crippen LogP contribution in [0.1, 0.15) is 42.3 Å². The van der Waals surface area contributed by atoms with Gasteiger partial charge in [-0.15, -0.1) is 22.9 Å². The number of nitrogens with one attached hydrogen (secondary N) is 1. The lowest BCUT2D eigenvalue weighted by Crippen LogP contribution is -2.52. The Bertz CT molecular complexity index is 434. The first-order chi connectivity index (χ1) is 8.56. The first kappa shape index (κ1) is 14.2. The molecule has 18 heavy (non-hydrogen) atoms. The summed E-state index contributed by atoms with van der Waals surface area (Å²) in [5.74, 6) is 0.980. The lowest BCUT2D eigenvalue weighted by atomic mass is 9.77. The molecule has 1 heterocycles. The monoisotopic (exact) mass is 305 g/mol. The van der Waals surface area contributed by atoms with Gasteiger partial charge in [0.2, 0.25) is 0 Å². The summed E-state index contributed by atoms with van der Waals surface area (Å²) >= 11 is 13.5. The fourth-order valence-corrected chi connectivity index (χ4v) is 4.03. The largest absolute Gasteiger partial charge is 0.345 e. The standard InChI is InChI=1S/C13H17Cl2NOS/c1-9-3-2-5-13(7-9,8-14)16-12(17)11-10(15)4-6-18-11/h4,6,9H,2-3,5,7-8H2,1H3,(H,16,17). The van der Waals surface area contributed by atoms with E-state index in [0.717, 1.165) is 19.3 Å². The van der Waals surface area contributed by atoms with Crippen molar-refractivity contribution in [3.8, 4) is 0 Å². The molecule has 0 spiro atoms. The number of hydrogen-bond donors (Lipinski definition) is 1. The maximum atomic E-state index is 12.2. The number of halogens is 2. The average Bonchev–Trinajstić information content (AvgIpc) is 2.75. The minimum atomic E-state index is -0.260. The number of rotatable bonds is 3. The Balaban J connectivity index is 2.11. The van der Waals surface area contributed by atoms with Crippen LogP contribution in [0.4, 0.5) is 0 Å². The number of hydrogen-bond acceptors (Lipinski definition) is 2. The summed E-state index contributed by atoms with van der Waals surface area (Å²) in [5, 5.41) is 5.46. The van der Waals surface area contributed by atoms with Crippen molar-refractivity contribution in [2.45, 2.75) is 38.1 Å². The van der Waals surface area contributed by atoms with Crippen molar-refractivity contribution >= 4 is 40.4 Å². The van der Waals surface area contributed by atoms with Crippen LogP contribution in [0.2, 0.25) is 5.02 Å². The smallest absolute Gasteiger partial charge is 0.263 e. The van der Waals surface area contributed by atoms with Crippen LogP contribution in [0.15, 0.2) is 11.4 Å². The van der Waals surface area contributed by atoms with Gasteiger partial charge in [-0.2, -0.15) is 0 Å². The van der Waals surface area contributed by atoms with Gasteiger partial charge in [0, 0.05) is 5.88 Å². The summed E-state index contributed by atoms with van der Waals surface area (Å²) < 4.78 is 0. The van der Waals surface area contributed by atoms with Crippen molar-refractivity contribution in [2.24, 2.45) is 5.92 Å². The first-order valence-electron chi connectivity index (χ1n) is 6.18. The fourth-order valence-electron chi connectivity index (χ4n) is 2.68. The molecular formula is C13H17Cl2NOS. The van der Waals surface area contributed by atoms with E-state index in [9.17, 15) is 4.79 Å². The lowest BCUT2D eigenvalue weighted by molar-refractivity contribution is 0.0871. The Morgan fingerprint density at radius 1 is 1.67 bits per heavy atom. The van der Waals surface area contributed by atoms with Crippen molar-refractivity contribution in [2.75, 3.05) is 5.88 Å². The quantitative estimate of drug-likeness (QED) is 0.828. The highest BCUT2D eigenvalue weighted by Crippen LogP contribution is 2.34. The molecule has 2 unspecified atom stereocenters. The molecule has 2 rings (SSSR count). The van der Waals surface area contributed by atoms with Crippen LogP contribution in [0.25, 0.3) is 0 Å². The molecule has 1 aromatic heterocycles. The molecule has 0 saturated heterocycles. The van der Waals surface area contributed by atoms with E-state index in [4.69, 9.17) is 23.2 Å².